The highest BCUT2D eigenvalue weighted by Crippen LogP contribution is 2.25. The van der Waals surface area contributed by atoms with Crippen LogP contribution in [0, 0.1) is 5.92 Å². The van der Waals surface area contributed by atoms with Crippen molar-refractivity contribution in [2.75, 3.05) is 6.26 Å². The third-order valence-corrected chi connectivity index (χ3v) is 3.56. The van der Waals surface area contributed by atoms with Crippen LogP contribution in [0.2, 0.25) is 0 Å². The molecule has 2 unspecified atom stereocenters. The van der Waals surface area contributed by atoms with E-state index >= 15 is 0 Å². The van der Waals surface area contributed by atoms with Gasteiger partial charge in [-0.15, -0.1) is 0 Å². The topological polar surface area (TPSA) is 0 Å². The fourth-order valence-electron chi connectivity index (χ4n) is 1.56. The molecule has 0 radical (unpaired) electrons. The van der Waals surface area contributed by atoms with Gasteiger partial charge < -0.3 is 0 Å². The highest BCUT2D eigenvalue weighted by atomic mass is 32.2. The molecule has 0 aromatic rings. The summed E-state index contributed by atoms with van der Waals surface area (Å²) in [5, 5.41) is 0.903. The molecule has 0 rings (SSSR count). The van der Waals surface area contributed by atoms with E-state index in [0.29, 0.717) is 0 Å². The Morgan fingerprint density at radius 2 is 1.64 bits per heavy atom. The van der Waals surface area contributed by atoms with Crippen LogP contribution in [0.5, 0.6) is 0 Å². The van der Waals surface area contributed by atoms with Gasteiger partial charge in [0, 0.05) is 5.25 Å². The Bertz CT molecular complexity index is 80.9. The Labute approximate surface area is 76.1 Å². The Hall–Kier alpha value is 0.350. The SMILES string of the molecule is CCCC(C)C(CCC)SC. The first-order valence-corrected chi connectivity index (χ1v) is 6.07. The van der Waals surface area contributed by atoms with Crippen LogP contribution in [0.1, 0.15) is 46.5 Å². The number of thioether (sulfide) groups is 1. The summed E-state index contributed by atoms with van der Waals surface area (Å²) in [7, 11) is 0. The quantitative estimate of drug-likeness (QED) is 0.587. The maximum atomic E-state index is 2.39. The van der Waals surface area contributed by atoms with E-state index in [-0.39, 0.29) is 0 Å². The Morgan fingerprint density at radius 1 is 1.09 bits per heavy atom. The minimum absolute atomic E-state index is 0.903. The molecule has 2 atom stereocenters. The van der Waals surface area contributed by atoms with Crippen LogP contribution in [0.25, 0.3) is 0 Å². The lowest BCUT2D eigenvalue weighted by Gasteiger charge is -2.20. The van der Waals surface area contributed by atoms with Crippen molar-refractivity contribution >= 4 is 11.8 Å². The highest BCUT2D eigenvalue weighted by Gasteiger charge is 2.13. The van der Waals surface area contributed by atoms with Crippen molar-refractivity contribution in [2.45, 2.75) is 51.7 Å². The van der Waals surface area contributed by atoms with Gasteiger partial charge in [0.25, 0.3) is 0 Å². The molecular weight excluding hydrogens is 152 g/mol. The van der Waals surface area contributed by atoms with E-state index in [9.17, 15) is 0 Å². The maximum Gasteiger partial charge on any atom is 0.00698 e. The molecule has 0 bridgehead atoms. The molecule has 0 saturated carbocycles. The first-order chi connectivity index (χ1) is 5.26. The highest BCUT2D eigenvalue weighted by molar-refractivity contribution is 7.99. The van der Waals surface area contributed by atoms with Gasteiger partial charge in [0.2, 0.25) is 0 Å². The van der Waals surface area contributed by atoms with Crippen LogP contribution >= 0.6 is 11.8 Å². The summed E-state index contributed by atoms with van der Waals surface area (Å²) in [6, 6.07) is 0. The summed E-state index contributed by atoms with van der Waals surface area (Å²) in [6.07, 6.45) is 7.70. The van der Waals surface area contributed by atoms with Crippen LogP contribution in [-0.2, 0) is 0 Å². The van der Waals surface area contributed by atoms with E-state index in [1.54, 1.807) is 0 Å². The molecule has 0 saturated heterocycles. The van der Waals surface area contributed by atoms with Gasteiger partial charge in [-0.3, -0.25) is 0 Å². The summed E-state index contributed by atoms with van der Waals surface area (Å²) in [5.74, 6) is 0.912. The van der Waals surface area contributed by atoms with E-state index < -0.39 is 0 Å². The molecule has 11 heavy (non-hydrogen) atoms. The van der Waals surface area contributed by atoms with Crippen LogP contribution in [0.4, 0.5) is 0 Å². The van der Waals surface area contributed by atoms with Crippen LogP contribution < -0.4 is 0 Å². The zero-order chi connectivity index (χ0) is 8.69. The fraction of sp³-hybridized carbons (Fsp3) is 1.00. The zero-order valence-corrected chi connectivity index (χ0v) is 9.21. The minimum atomic E-state index is 0.903. The van der Waals surface area contributed by atoms with E-state index in [1.165, 1.54) is 25.7 Å². The predicted octanol–water partition coefficient (Wildman–Crippen LogP) is 3.95. The second-order valence-electron chi connectivity index (χ2n) is 3.33. The molecule has 0 aromatic carbocycles. The third-order valence-electron chi connectivity index (χ3n) is 2.25. The second-order valence-corrected chi connectivity index (χ2v) is 4.41. The normalized spacial score (nSPS) is 16.4. The summed E-state index contributed by atoms with van der Waals surface area (Å²) < 4.78 is 0. The van der Waals surface area contributed by atoms with Crippen LogP contribution in [0.3, 0.4) is 0 Å². The monoisotopic (exact) mass is 174 g/mol. The molecule has 0 aliphatic carbocycles. The van der Waals surface area contributed by atoms with Crippen LogP contribution in [0.15, 0.2) is 0 Å². The lowest BCUT2D eigenvalue weighted by molar-refractivity contribution is 0.481. The standard InChI is InChI=1S/C10H22S/c1-5-7-9(3)10(11-4)8-6-2/h9-10H,5-8H2,1-4H3. The molecule has 68 valence electrons. The molecule has 0 spiro atoms. The lowest BCUT2D eigenvalue weighted by atomic mass is 9.99. The molecule has 0 fully saturated rings. The summed E-state index contributed by atoms with van der Waals surface area (Å²) >= 11 is 2.04. The van der Waals surface area contributed by atoms with Gasteiger partial charge in [-0.25, -0.2) is 0 Å². The van der Waals surface area contributed by atoms with Gasteiger partial charge in [0.05, 0.1) is 0 Å². The third kappa shape index (κ3) is 4.73. The molecule has 0 amide bonds. The molecule has 0 nitrogen and oxygen atoms in total. The first-order valence-electron chi connectivity index (χ1n) is 4.79. The molecule has 0 aliphatic rings. The van der Waals surface area contributed by atoms with E-state index in [2.05, 4.69) is 27.0 Å². The zero-order valence-electron chi connectivity index (χ0n) is 8.39. The van der Waals surface area contributed by atoms with Crippen molar-refractivity contribution in [3.63, 3.8) is 0 Å². The molecule has 0 aliphatic heterocycles. The lowest BCUT2D eigenvalue weighted by Crippen LogP contribution is -2.13. The molecule has 0 aromatic heterocycles. The average Bonchev–Trinajstić information content (AvgIpc) is 2.00. The van der Waals surface area contributed by atoms with E-state index in [4.69, 9.17) is 0 Å². The van der Waals surface area contributed by atoms with Gasteiger partial charge in [-0.2, -0.15) is 11.8 Å². The van der Waals surface area contributed by atoms with E-state index in [1.807, 2.05) is 11.8 Å². The molecule has 0 N–H and O–H groups in total. The summed E-state index contributed by atoms with van der Waals surface area (Å²) in [4.78, 5) is 0. The van der Waals surface area contributed by atoms with Gasteiger partial charge in [0.1, 0.15) is 0 Å². The molecule has 0 heterocycles. The summed E-state index contributed by atoms with van der Waals surface area (Å²) in [5.41, 5.74) is 0. The smallest absolute Gasteiger partial charge is 0.00698 e. The molecular formula is C10H22S. The van der Waals surface area contributed by atoms with Crippen LogP contribution in [-0.4, -0.2) is 11.5 Å². The van der Waals surface area contributed by atoms with Crippen molar-refractivity contribution in [3.05, 3.63) is 0 Å². The number of rotatable bonds is 6. The molecule has 1 heteroatoms. The number of hydrogen-bond donors (Lipinski definition) is 0. The van der Waals surface area contributed by atoms with Gasteiger partial charge >= 0.3 is 0 Å². The number of hydrogen-bond acceptors (Lipinski definition) is 1. The Balaban J connectivity index is 3.61. The maximum absolute atomic E-state index is 2.39. The Kier molecular flexibility index (Phi) is 7.25. The van der Waals surface area contributed by atoms with Crippen molar-refractivity contribution < 1.29 is 0 Å². The van der Waals surface area contributed by atoms with E-state index in [0.717, 1.165) is 11.2 Å². The van der Waals surface area contributed by atoms with Gasteiger partial charge in [-0.1, -0.05) is 33.6 Å². The van der Waals surface area contributed by atoms with Crippen molar-refractivity contribution in [2.24, 2.45) is 5.92 Å². The van der Waals surface area contributed by atoms with Gasteiger partial charge in [0.15, 0.2) is 0 Å². The largest absolute Gasteiger partial charge is 0.162 e. The first kappa shape index (κ1) is 11.4. The predicted molar refractivity (Wildman–Crippen MR) is 56.3 cm³/mol. The average molecular weight is 174 g/mol. The van der Waals surface area contributed by atoms with Crippen molar-refractivity contribution in [3.8, 4) is 0 Å². The van der Waals surface area contributed by atoms with Crippen molar-refractivity contribution in [1.29, 1.82) is 0 Å². The van der Waals surface area contributed by atoms with Gasteiger partial charge in [-0.05, 0) is 25.0 Å². The fourth-order valence-corrected chi connectivity index (χ4v) is 2.63. The van der Waals surface area contributed by atoms with Crippen molar-refractivity contribution in [1.82, 2.24) is 0 Å². The minimum Gasteiger partial charge on any atom is -0.162 e. The second kappa shape index (κ2) is 7.02. The summed E-state index contributed by atoms with van der Waals surface area (Å²) in [6.45, 7) is 6.95. The Morgan fingerprint density at radius 3 is 2.00 bits per heavy atom.